The lowest BCUT2D eigenvalue weighted by molar-refractivity contribution is 0.226. The molecule has 1 aliphatic rings. The SMILES string of the molecule is CCCNC(C)C1CCC(CC)CC1. The van der Waals surface area contributed by atoms with E-state index in [1.807, 2.05) is 0 Å². The third kappa shape index (κ3) is 3.61. The summed E-state index contributed by atoms with van der Waals surface area (Å²) in [5, 5.41) is 3.63. The highest BCUT2D eigenvalue weighted by atomic mass is 14.9. The molecule has 1 N–H and O–H groups in total. The van der Waals surface area contributed by atoms with E-state index in [1.54, 1.807) is 0 Å². The minimum absolute atomic E-state index is 0.743. The summed E-state index contributed by atoms with van der Waals surface area (Å²) in [6.07, 6.45) is 8.50. The van der Waals surface area contributed by atoms with Crippen molar-refractivity contribution in [2.75, 3.05) is 6.54 Å². The largest absolute Gasteiger partial charge is 0.314 e. The quantitative estimate of drug-likeness (QED) is 0.710. The summed E-state index contributed by atoms with van der Waals surface area (Å²) in [6.45, 7) is 8.14. The molecule has 0 radical (unpaired) electrons. The predicted molar refractivity (Wildman–Crippen MR) is 63.5 cm³/mol. The third-order valence-corrected chi connectivity index (χ3v) is 3.89. The van der Waals surface area contributed by atoms with Crippen LogP contribution >= 0.6 is 0 Å². The van der Waals surface area contributed by atoms with Crippen LogP contribution in [0.15, 0.2) is 0 Å². The summed E-state index contributed by atoms with van der Waals surface area (Å²) in [7, 11) is 0. The van der Waals surface area contributed by atoms with Crippen LogP contribution in [0, 0.1) is 11.8 Å². The molecule has 0 amide bonds. The summed E-state index contributed by atoms with van der Waals surface area (Å²) in [6, 6.07) is 0.743. The molecule has 1 aliphatic carbocycles. The normalized spacial score (nSPS) is 30.2. The Morgan fingerprint density at radius 2 is 1.79 bits per heavy atom. The lowest BCUT2D eigenvalue weighted by Crippen LogP contribution is -2.36. The summed E-state index contributed by atoms with van der Waals surface area (Å²) < 4.78 is 0. The maximum Gasteiger partial charge on any atom is 0.00669 e. The fraction of sp³-hybridized carbons (Fsp3) is 1.00. The Morgan fingerprint density at radius 3 is 2.29 bits per heavy atom. The smallest absolute Gasteiger partial charge is 0.00669 e. The molecule has 0 aromatic rings. The second kappa shape index (κ2) is 6.44. The molecule has 1 unspecified atom stereocenters. The molecule has 0 saturated heterocycles. The topological polar surface area (TPSA) is 12.0 Å². The summed E-state index contributed by atoms with van der Waals surface area (Å²) in [4.78, 5) is 0. The second-order valence-corrected chi connectivity index (χ2v) is 4.93. The monoisotopic (exact) mass is 197 g/mol. The van der Waals surface area contributed by atoms with Gasteiger partial charge in [-0.05, 0) is 44.6 Å². The average molecular weight is 197 g/mol. The van der Waals surface area contributed by atoms with Gasteiger partial charge in [0.25, 0.3) is 0 Å². The standard InChI is InChI=1S/C13H27N/c1-4-10-14-11(3)13-8-6-12(5-2)7-9-13/h11-14H,4-10H2,1-3H3. The first-order valence-corrected chi connectivity index (χ1v) is 6.51. The molecule has 0 heterocycles. The van der Waals surface area contributed by atoms with Gasteiger partial charge < -0.3 is 5.32 Å². The highest BCUT2D eigenvalue weighted by Gasteiger charge is 2.23. The molecule has 1 nitrogen and oxygen atoms in total. The molecular weight excluding hydrogens is 170 g/mol. The van der Waals surface area contributed by atoms with Gasteiger partial charge >= 0.3 is 0 Å². The van der Waals surface area contributed by atoms with E-state index in [0.717, 1.165) is 17.9 Å². The fourth-order valence-corrected chi connectivity index (χ4v) is 2.64. The highest BCUT2D eigenvalue weighted by Crippen LogP contribution is 2.32. The van der Waals surface area contributed by atoms with E-state index in [1.165, 1.54) is 45.1 Å². The molecule has 84 valence electrons. The molecule has 0 bridgehead atoms. The molecule has 1 rings (SSSR count). The highest BCUT2D eigenvalue weighted by molar-refractivity contribution is 4.78. The molecule has 14 heavy (non-hydrogen) atoms. The van der Waals surface area contributed by atoms with Crippen LogP contribution in [-0.4, -0.2) is 12.6 Å². The predicted octanol–water partition coefficient (Wildman–Crippen LogP) is 3.59. The molecule has 1 fully saturated rings. The lowest BCUT2D eigenvalue weighted by Gasteiger charge is -2.32. The Balaban J connectivity index is 2.19. The van der Waals surface area contributed by atoms with E-state index in [0.29, 0.717) is 0 Å². The molecule has 1 heteroatoms. The zero-order valence-corrected chi connectivity index (χ0v) is 10.2. The van der Waals surface area contributed by atoms with E-state index >= 15 is 0 Å². The van der Waals surface area contributed by atoms with Crippen molar-refractivity contribution in [2.45, 2.75) is 65.3 Å². The minimum atomic E-state index is 0.743. The van der Waals surface area contributed by atoms with Gasteiger partial charge in [-0.3, -0.25) is 0 Å². The van der Waals surface area contributed by atoms with Crippen molar-refractivity contribution >= 4 is 0 Å². The molecule has 0 aromatic heterocycles. The molecule has 0 aromatic carbocycles. The van der Waals surface area contributed by atoms with Crippen LogP contribution in [0.5, 0.6) is 0 Å². The van der Waals surface area contributed by atoms with Gasteiger partial charge in [0.05, 0.1) is 0 Å². The molecule has 1 saturated carbocycles. The van der Waals surface area contributed by atoms with Crippen molar-refractivity contribution in [3.63, 3.8) is 0 Å². The number of hydrogen-bond donors (Lipinski definition) is 1. The van der Waals surface area contributed by atoms with Crippen molar-refractivity contribution in [1.82, 2.24) is 5.32 Å². The Labute approximate surface area is 89.7 Å². The van der Waals surface area contributed by atoms with Crippen LogP contribution in [0.25, 0.3) is 0 Å². The van der Waals surface area contributed by atoms with Crippen LogP contribution in [0.4, 0.5) is 0 Å². The van der Waals surface area contributed by atoms with Gasteiger partial charge in [-0.25, -0.2) is 0 Å². The third-order valence-electron chi connectivity index (χ3n) is 3.89. The van der Waals surface area contributed by atoms with E-state index in [9.17, 15) is 0 Å². The number of hydrogen-bond acceptors (Lipinski definition) is 1. The summed E-state index contributed by atoms with van der Waals surface area (Å²) in [5.74, 6) is 1.98. The van der Waals surface area contributed by atoms with Gasteiger partial charge in [0, 0.05) is 6.04 Å². The van der Waals surface area contributed by atoms with Crippen molar-refractivity contribution in [3.8, 4) is 0 Å². The van der Waals surface area contributed by atoms with Crippen molar-refractivity contribution < 1.29 is 0 Å². The van der Waals surface area contributed by atoms with Gasteiger partial charge in [0.1, 0.15) is 0 Å². The maximum atomic E-state index is 3.63. The first-order chi connectivity index (χ1) is 6.77. The zero-order valence-electron chi connectivity index (χ0n) is 10.2. The van der Waals surface area contributed by atoms with Crippen LogP contribution in [0.1, 0.15) is 59.3 Å². The molecule has 0 spiro atoms. The summed E-state index contributed by atoms with van der Waals surface area (Å²) >= 11 is 0. The first-order valence-electron chi connectivity index (χ1n) is 6.51. The second-order valence-electron chi connectivity index (χ2n) is 4.93. The Bertz CT molecular complexity index is 136. The van der Waals surface area contributed by atoms with E-state index in [4.69, 9.17) is 0 Å². The fourth-order valence-electron chi connectivity index (χ4n) is 2.64. The van der Waals surface area contributed by atoms with Crippen molar-refractivity contribution in [1.29, 1.82) is 0 Å². The Kier molecular flexibility index (Phi) is 5.54. The van der Waals surface area contributed by atoms with E-state index < -0.39 is 0 Å². The number of nitrogens with one attached hydrogen (secondary N) is 1. The molecule has 0 aliphatic heterocycles. The van der Waals surface area contributed by atoms with Crippen LogP contribution in [0.2, 0.25) is 0 Å². The zero-order chi connectivity index (χ0) is 10.4. The van der Waals surface area contributed by atoms with Crippen LogP contribution in [-0.2, 0) is 0 Å². The van der Waals surface area contributed by atoms with E-state index in [-0.39, 0.29) is 0 Å². The van der Waals surface area contributed by atoms with Gasteiger partial charge in [-0.15, -0.1) is 0 Å². The Hall–Kier alpha value is -0.0400. The van der Waals surface area contributed by atoms with Crippen LogP contribution in [0.3, 0.4) is 0 Å². The molecule has 1 atom stereocenters. The Morgan fingerprint density at radius 1 is 1.14 bits per heavy atom. The van der Waals surface area contributed by atoms with Gasteiger partial charge in [0.2, 0.25) is 0 Å². The average Bonchev–Trinajstić information content (AvgIpc) is 2.26. The van der Waals surface area contributed by atoms with Crippen molar-refractivity contribution in [3.05, 3.63) is 0 Å². The summed E-state index contributed by atoms with van der Waals surface area (Å²) in [5.41, 5.74) is 0. The minimum Gasteiger partial charge on any atom is -0.314 e. The lowest BCUT2D eigenvalue weighted by atomic mass is 9.78. The van der Waals surface area contributed by atoms with Crippen LogP contribution < -0.4 is 5.32 Å². The van der Waals surface area contributed by atoms with Gasteiger partial charge in [-0.1, -0.05) is 33.1 Å². The van der Waals surface area contributed by atoms with E-state index in [2.05, 4.69) is 26.1 Å². The van der Waals surface area contributed by atoms with Gasteiger partial charge in [0.15, 0.2) is 0 Å². The maximum absolute atomic E-state index is 3.63. The molecular formula is C13H27N. The number of rotatable bonds is 5. The van der Waals surface area contributed by atoms with Crippen molar-refractivity contribution in [2.24, 2.45) is 11.8 Å². The van der Waals surface area contributed by atoms with Gasteiger partial charge in [-0.2, -0.15) is 0 Å². The first kappa shape index (κ1) is 12.0.